The lowest BCUT2D eigenvalue weighted by Gasteiger charge is -2.31. The van der Waals surface area contributed by atoms with Crippen LogP contribution in [0.5, 0.6) is 0 Å². The number of benzene rings is 1. The summed E-state index contributed by atoms with van der Waals surface area (Å²) in [6.07, 6.45) is 1.38. The van der Waals surface area contributed by atoms with Crippen molar-refractivity contribution in [3.63, 3.8) is 0 Å². The van der Waals surface area contributed by atoms with E-state index in [0.717, 1.165) is 25.9 Å². The third-order valence-electron chi connectivity index (χ3n) is 4.37. The number of alkyl carbamates (subject to hydrolysis) is 1. The first-order valence-corrected chi connectivity index (χ1v) is 10.5. The Hall–Kier alpha value is -1.87. The van der Waals surface area contributed by atoms with Gasteiger partial charge in [0.1, 0.15) is 5.60 Å². The van der Waals surface area contributed by atoms with Crippen molar-refractivity contribution >= 4 is 29.4 Å². The zero-order chi connectivity index (χ0) is 21.4. The van der Waals surface area contributed by atoms with Crippen LogP contribution in [-0.4, -0.2) is 54.4 Å². The molecule has 0 aromatic heterocycles. The van der Waals surface area contributed by atoms with Crippen molar-refractivity contribution in [2.75, 3.05) is 31.5 Å². The van der Waals surface area contributed by atoms with Crippen molar-refractivity contribution in [2.45, 2.75) is 49.9 Å². The zero-order valence-corrected chi connectivity index (χ0v) is 17.9. The van der Waals surface area contributed by atoms with Gasteiger partial charge in [0, 0.05) is 17.1 Å². The predicted octanol–water partition coefficient (Wildman–Crippen LogP) is 4.18. The summed E-state index contributed by atoms with van der Waals surface area (Å²) in [5.74, 6) is -2.23. The quantitative estimate of drug-likeness (QED) is 0.637. The second kappa shape index (κ2) is 10.8. The second-order valence-electron chi connectivity index (χ2n) is 8.05. The van der Waals surface area contributed by atoms with Gasteiger partial charge in [0.05, 0.1) is 6.54 Å². The fourth-order valence-electron chi connectivity index (χ4n) is 3.01. The highest BCUT2D eigenvalue weighted by Gasteiger charge is 2.22. The molecular formula is C20H29F2N3O3S. The van der Waals surface area contributed by atoms with Crippen LogP contribution in [0.25, 0.3) is 0 Å². The van der Waals surface area contributed by atoms with Crippen molar-refractivity contribution in [2.24, 2.45) is 5.92 Å². The Balaban J connectivity index is 1.67. The van der Waals surface area contributed by atoms with Gasteiger partial charge in [-0.15, -0.1) is 0 Å². The molecule has 1 aliphatic heterocycles. The molecular weight excluding hydrogens is 400 g/mol. The highest BCUT2D eigenvalue weighted by Crippen LogP contribution is 2.26. The molecule has 1 heterocycles. The minimum absolute atomic E-state index is 0.135. The van der Waals surface area contributed by atoms with Crippen molar-refractivity contribution < 1.29 is 23.1 Å². The monoisotopic (exact) mass is 429 g/mol. The second-order valence-corrected chi connectivity index (χ2v) is 9.12. The lowest BCUT2D eigenvalue weighted by molar-refractivity contribution is -0.117. The van der Waals surface area contributed by atoms with E-state index in [2.05, 4.69) is 15.5 Å². The zero-order valence-electron chi connectivity index (χ0n) is 17.0. The van der Waals surface area contributed by atoms with E-state index in [4.69, 9.17) is 4.74 Å². The molecule has 1 aromatic carbocycles. The van der Waals surface area contributed by atoms with Gasteiger partial charge in [-0.25, -0.2) is 4.79 Å². The number of ether oxygens (including phenoxy) is 1. The van der Waals surface area contributed by atoms with E-state index in [9.17, 15) is 18.4 Å². The SMILES string of the molecule is CC(C)(C)OC(=O)NCC1CCN(CC(=O)Nc2ccc(SC(F)F)cc2)CC1. The smallest absolute Gasteiger partial charge is 0.407 e. The molecule has 0 aliphatic carbocycles. The normalized spacial score (nSPS) is 15.9. The standard InChI is InChI=1S/C20H29F2N3O3S/c1-20(2,3)28-19(27)23-12-14-8-10-25(11-9-14)13-17(26)24-15-4-6-16(7-5-15)29-18(21)22/h4-7,14,18H,8-13H2,1-3H3,(H,23,27)(H,24,26). The molecule has 0 radical (unpaired) electrons. The third kappa shape index (κ3) is 9.45. The third-order valence-corrected chi connectivity index (χ3v) is 5.09. The van der Waals surface area contributed by atoms with Crippen LogP contribution in [0.3, 0.4) is 0 Å². The summed E-state index contributed by atoms with van der Waals surface area (Å²) in [6.45, 7) is 7.88. The van der Waals surface area contributed by atoms with Crippen molar-refractivity contribution in [3.05, 3.63) is 24.3 Å². The summed E-state index contributed by atoms with van der Waals surface area (Å²) >= 11 is 0.474. The molecule has 6 nitrogen and oxygen atoms in total. The summed E-state index contributed by atoms with van der Waals surface area (Å²) in [7, 11) is 0. The predicted molar refractivity (Wildman–Crippen MR) is 110 cm³/mol. The number of hydrogen-bond acceptors (Lipinski definition) is 5. The van der Waals surface area contributed by atoms with E-state index in [0.29, 0.717) is 34.8 Å². The van der Waals surface area contributed by atoms with Crippen molar-refractivity contribution in [3.8, 4) is 0 Å². The number of thioether (sulfide) groups is 1. The first-order chi connectivity index (χ1) is 13.6. The van der Waals surface area contributed by atoms with E-state index >= 15 is 0 Å². The van der Waals surface area contributed by atoms with Crippen molar-refractivity contribution in [1.29, 1.82) is 0 Å². The first kappa shape index (κ1) is 23.4. The largest absolute Gasteiger partial charge is 0.444 e. The van der Waals surface area contributed by atoms with Crippen LogP contribution in [0.15, 0.2) is 29.2 Å². The van der Waals surface area contributed by atoms with Gasteiger partial charge < -0.3 is 15.4 Å². The molecule has 1 saturated heterocycles. The average Bonchev–Trinajstić information content (AvgIpc) is 2.61. The maximum absolute atomic E-state index is 12.3. The fraction of sp³-hybridized carbons (Fsp3) is 0.600. The number of piperidine rings is 1. The van der Waals surface area contributed by atoms with E-state index < -0.39 is 17.5 Å². The van der Waals surface area contributed by atoms with Gasteiger partial charge in [-0.3, -0.25) is 9.69 Å². The van der Waals surface area contributed by atoms with Gasteiger partial charge in [0.15, 0.2) is 0 Å². The Morgan fingerprint density at radius 3 is 2.38 bits per heavy atom. The van der Waals surface area contributed by atoms with Gasteiger partial charge in [0.2, 0.25) is 5.91 Å². The van der Waals surface area contributed by atoms with Gasteiger partial charge in [-0.1, -0.05) is 11.8 Å². The van der Waals surface area contributed by atoms with Crippen molar-refractivity contribution in [1.82, 2.24) is 10.2 Å². The van der Waals surface area contributed by atoms with Crippen LogP contribution >= 0.6 is 11.8 Å². The van der Waals surface area contributed by atoms with Crippen LogP contribution in [0, 0.1) is 5.92 Å². The lowest BCUT2D eigenvalue weighted by atomic mass is 9.97. The Morgan fingerprint density at radius 1 is 1.21 bits per heavy atom. The molecule has 1 fully saturated rings. The summed E-state index contributed by atoms with van der Waals surface area (Å²) in [6, 6.07) is 6.37. The maximum atomic E-state index is 12.3. The number of halogens is 2. The Kier molecular flexibility index (Phi) is 8.70. The molecule has 9 heteroatoms. The highest BCUT2D eigenvalue weighted by atomic mass is 32.2. The van der Waals surface area contributed by atoms with Crippen LogP contribution in [0.2, 0.25) is 0 Å². The van der Waals surface area contributed by atoms with E-state index in [1.165, 1.54) is 0 Å². The number of rotatable bonds is 7. The van der Waals surface area contributed by atoms with Crippen LogP contribution in [0.1, 0.15) is 33.6 Å². The van der Waals surface area contributed by atoms with Gasteiger partial charge in [-0.05, 0) is 76.9 Å². The summed E-state index contributed by atoms with van der Waals surface area (Å²) in [5, 5.41) is 5.60. The molecule has 0 unspecified atom stereocenters. The highest BCUT2D eigenvalue weighted by molar-refractivity contribution is 7.99. The summed E-state index contributed by atoms with van der Waals surface area (Å²) in [4.78, 5) is 26.5. The molecule has 162 valence electrons. The molecule has 0 bridgehead atoms. The number of nitrogens with one attached hydrogen (secondary N) is 2. The number of hydrogen-bond donors (Lipinski definition) is 2. The Bertz CT molecular complexity index is 673. The number of nitrogens with zero attached hydrogens (tertiary/aromatic N) is 1. The van der Waals surface area contributed by atoms with Crippen LogP contribution in [-0.2, 0) is 9.53 Å². The van der Waals surface area contributed by atoms with Gasteiger partial charge in [0.25, 0.3) is 5.76 Å². The van der Waals surface area contributed by atoms with Crippen LogP contribution < -0.4 is 10.6 Å². The van der Waals surface area contributed by atoms with E-state index in [1.807, 2.05) is 20.8 Å². The number of anilines is 1. The lowest BCUT2D eigenvalue weighted by Crippen LogP contribution is -2.42. The molecule has 0 spiro atoms. The molecule has 0 atom stereocenters. The number of likely N-dealkylation sites (tertiary alicyclic amines) is 1. The summed E-state index contributed by atoms with van der Waals surface area (Å²) < 4.78 is 29.9. The molecule has 2 rings (SSSR count). The number of carbonyl (C=O) groups excluding carboxylic acids is 2. The number of amides is 2. The molecule has 1 aliphatic rings. The topological polar surface area (TPSA) is 70.7 Å². The fourth-order valence-corrected chi connectivity index (χ4v) is 3.51. The Labute approximate surface area is 174 Å². The van der Waals surface area contributed by atoms with Gasteiger partial charge >= 0.3 is 6.09 Å². The Morgan fingerprint density at radius 2 is 1.83 bits per heavy atom. The molecule has 2 amide bonds. The van der Waals surface area contributed by atoms with E-state index in [-0.39, 0.29) is 12.5 Å². The molecule has 29 heavy (non-hydrogen) atoms. The van der Waals surface area contributed by atoms with Crippen LogP contribution in [0.4, 0.5) is 19.3 Å². The molecule has 2 N–H and O–H groups in total. The minimum atomic E-state index is -2.46. The summed E-state index contributed by atoms with van der Waals surface area (Å²) in [5.41, 5.74) is 0.0770. The molecule has 1 aromatic rings. The van der Waals surface area contributed by atoms with Gasteiger partial charge in [-0.2, -0.15) is 8.78 Å². The number of alkyl halides is 2. The maximum Gasteiger partial charge on any atom is 0.407 e. The minimum Gasteiger partial charge on any atom is -0.444 e. The van der Waals surface area contributed by atoms with E-state index in [1.54, 1.807) is 24.3 Å². The first-order valence-electron chi connectivity index (χ1n) is 9.64. The molecule has 0 saturated carbocycles. The number of carbonyl (C=O) groups is 2. The average molecular weight is 430 g/mol.